The Morgan fingerprint density at radius 3 is 2.64 bits per heavy atom. The van der Waals surface area contributed by atoms with Gasteiger partial charge in [0.05, 0.1) is 11.4 Å². The molecule has 0 fully saturated rings. The van der Waals surface area contributed by atoms with E-state index >= 15 is 0 Å². The lowest BCUT2D eigenvalue weighted by Crippen LogP contribution is -2.30. The molecule has 25 heavy (non-hydrogen) atoms. The molecule has 8 nitrogen and oxygen atoms in total. The Bertz CT molecular complexity index is 929. The summed E-state index contributed by atoms with van der Waals surface area (Å²) in [4.78, 5) is 4.97. The Morgan fingerprint density at radius 2 is 2.04 bits per heavy atom. The number of aromatic nitrogens is 3. The third-order valence-corrected chi connectivity index (χ3v) is 7.03. The molecule has 0 amide bonds. The molecule has 0 spiro atoms. The van der Waals surface area contributed by atoms with Crippen LogP contribution in [-0.4, -0.2) is 34.6 Å². The first kappa shape index (κ1) is 17.8. The minimum Gasteiger partial charge on any atom is -0.364 e. The van der Waals surface area contributed by atoms with Gasteiger partial charge >= 0.3 is 0 Å². The van der Waals surface area contributed by atoms with E-state index in [1.807, 2.05) is 13.8 Å². The van der Waals surface area contributed by atoms with Crippen molar-refractivity contribution in [3.8, 4) is 10.6 Å². The van der Waals surface area contributed by atoms with Crippen LogP contribution >= 0.6 is 11.3 Å². The van der Waals surface area contributed by atoms with Crippen molar-refractivity contribution in [1.29, 1.82) is 0 Å². The average molecular weight is 382 g/mol. The van der Waals surface area contributed by atoms with E-state index in [0.717, 1.165) is 16.2 Å². The van der Waals surface area contributed by atoms with Gasteiger partial charge in [0.15, 0.2) is 5.82 Å². The largest absolute Gasteiger partial charge is 0.364 e. The number of thiophene rings is 1. The normalized spacial score (nSPS) is 12.4. The van der Waals surface area contributed by atoms with Crippen molar-refractivity contribution in [2.45, 2.75) is 37.4 Å². The van der Waals surface area contributed by atoms with Gasteiger partial charge in [-0.15, -0.1) is 11.3 Å². The fourth-order valence-electron chi connectivity index (χ4n) is 2.15. The van der Waals surface area contributed by atoms with E-state index in [-0.39, 0.29) is 22.6 Å². The second-order valence-corrected chi connectivity index (χ2v) is 8.88. The Morgan fingerprint density at radius 1 is 1.24 bits per heavy atom. The Hall–Kier alpha value is -2.04. The van der Waals surface area contributed by atoms with Crippen LogP contribution in [0.15, 0.2) is 37.7 Å². The SMILES string of the molecule is CCN(Cc1nc(C(C)C)no1)S(=O)(=O)c1ccc(-c2ccon2)s1. The Kier molecular flexibility index (Phi) is 5.02. The maximum Gasteiger partial charge on any atom is 0.253 e. The average Bonchev–Trinajstić information content (AvgIpc) is 3.32. The molecule has 0 atom stereocenters. The van der Waals surface area contributed by atoms with E-state index in [1.54, 1.807) is 25.1 Å². The summed E-state index contributed by atoms with van der Waals surface area (Å²) in [6.45, 7) is 5.98. The first-order valence-electron chi connectivity index (χ1n) is 7.75. The topological polar surface area (TPSA) is 102 Å². The van der Waals surface area contributed by atoms with E-state index < -0.39 is 10.0 Å². The lowest BCUT2D eigenvalue weighted by Gasteiger charge is -2.17. The highest BCUT2D eigenvalue weighted by Crippen LogP contribution is 2.31. The number of rotatable bonds is 7. The molecule has 3 heterocycles. The van der Waals surface area contributed by atoms with Crippen molar-refractivity contribution in [3.63, 3.8) is 0 Å². The zero-order chi connectivity index (χ0) is 18.0. The summed E-state index contributed by atoms with van der Waals surface area (Å²) >= 11 is 1.14. The molecule has 3 aromatic heterocycles. The monoisotopic (exact) mass is 382 g/mol. The van der Waals surface area contributed by atoms with Crippen molar-refractivity contribution >= 4 is 21.4 Å². The van der Waals surface area contributed by atoms with Crippen LogP contribution in [0.1, 0.15) is 38.4 Å². The van der Waals surface area contributed by atoms with Crippen LogP contribution in [0.3, 0.4) is 0 Å². The molecule has 134 valence electrons. The van der Waals surface area contributed by atoms with Gasteiger partial charge in [-0.3, -0.25) is 0 Å². The van der Waals surface area contributed by atoms with Crippen molar-refractivity contribution < 1.29 is 17.5 Å². The molecule has 0 saturated carbocycles. The summed E-state index contributed by atoms with van der Waals surface area (Å²) in [5.41, 5.74) is 0.605. The first-order valence-corrected chi connectivity index (χ1v) is 10.0. The van der Waals surface area contributed by atoms with E-state index in [9.17, 15) is 8.42 Å². The number of sulfonamides is 1. The molecular formula is C15H18N4O4S2. The summed E-state index contributed by atoms with van der Waals surface area (Å²) in [5, 5.41) is 7.70. The Balaban J connectivity index is 1.83. The number of hydrogen-bond acceptors (Lipinski definition) is 8. The van der Waals surface area contributed by atoms with Crippen molar-refractivity contribution in [1.82, 2.24) is 19.6 Å². The molecule has 3 rings (SSSR count). The summed E-state index contributed by atoms with van der Waals surface area (Å²) < 4.78 is 37.3. The highest BCUT2D eigenvalue weighted by atomic mass is 32.2. The quantitative estimate of drug-likeness (QED) is 0.618. The molecular weight excluding hydrogens is 364 g/mol. The molecule has 0 unspecified atom stereocenters. The van der Waals surface area contributed by atoms with Gasteiger partial charge in [-0.25, -0.2) is 8.42 Å². The lowest BCUT2D eigenvalue weighted by atomic mass is 10.2. The van der Waals surface area contributed by atoms with Gasteiger partial charge in [0.1, 0.15) is 16.2 Å². The molecule has 0 aliphatic rings. The summed E-state index contributed by atoms with van der Waals surface area (Å²) in [7, 11) is -3.66. The predicted octanol–water partition coefficient (Wildman–Crippen LogP) is 3.12. The molecule has 0 radical (unpaired) electrons. The van der Waals surface area contributed by atoms with Gasteiger partial charge in [-0.05, 0) is 12.1 Å². The van der Waals surface area contributed by atoms with Crippen molar-refractivity contribution in [2.75, 3.05) is 6.54 Å². The minimum absolute atomic E-state index is 0.0374. The molecule has 10 heteroatoms. The highest BCUT2D eigenvalue weighted by molar-refractivity contribution is 7.91. The maximum atomic E-state index is 12.9. The third-order valence-electron chi connectivity index (χ3n) is 3.53. The fourth-order valence-corrected chi connectivity index (χ4v) is 4.97. The van der Waals surface area contributed by atoms with Crippen molar-refractivity contribution in [2.24, 2.45) is 0 Å². The zero-order valence-electron chi connectivity index (χ0n) is 14.0. The van der Waals surface area contributed by atoms with Crippen LogP contribution < -0.4 is 0 Å². The molecule has 0 aliphatic heterocycles. The van der Waals surface area contributed by atoms with Gasteiger partial charge < -0.3 is 9.05 Å². The molecule has 3 aromatic rings. The summed E-state index contributed by atoms with van der Waals surface area (Å²) in [6, 6.07) is 4.97. The van der Waals surface area contributed by atoms with Crippen LogP contribution in [0.5, 0.6) is 0 Å². The summed E-state index contributed by atoms with van der Waals surface area (Å²) in [5.74, 6) is 0.960. The van der Waals surface area contributed by atoms with E-state index in [2.05, 4.69) is 15.3 Å². The van der Waals surface area contributed by atoms with Gasteiger partial charge in [-0.1, -0.05) is 31.1 Å². The standard InChI is InChI=1S/C15H18N4O4S2/c1-4-19(9-13-16-15(10(2)3)18-23-13)25(20,21)14-6-5-12(24-14)11-7-8-22-17-11/h5-8,10H,4,9H2,1-3H3. The van der Waals surface area contributed by atoms with E-state index in [4.69, 9.17) is 9.05 Å². The van der Waals surface area contributed by atoms with E-state index in [0.29, 0.717) is 18.1 Å². The smallest absolute Gasteiger partial charge is 0.253 e. The van der Waals surface area contributed by atoms with Crippen LogP contribution in [0.2, 0.25) is 0 Å². The van der Waals surface area contributed by atoms with E-state index in [1.165, 1.54) is 10.6 Å². The Labute approximate surface area is 149 Å². The molecule has 0 aliphatic carbocycles. The van der Waals surface area contributed by atoms with Gasteiger partial charge in [0.25, 0.3) is 10.0 Å². The summed E-state index contributed by atoms with van der Waals surface area (Å²) in [6.07, 6.45) is 1.45. The van der Waals surface area contributed by atoms with Gasteiger partial charge in [0.2, 0.25) is 5.89 Å². The second-order valence-electron chi connectivity index (χ2n) is 5.64. The number of nitrogens with zero attached hydrogens (tertiary/aromatic N) is 4. The van der Waals surface area contributed by atoms with Gasteiger partial charge in [0, 0.05) is 18.5 Å². The van der Waals surface area contributed by atoms with Crippen LogP contribution in [0.25, 0.3) is 10.6 Å². The minimum atomic E-state index is -3.66. The highest BCUT2D eigenvalue weighted by Gasteiger charge is 2.27. The van der Waals surface area contributed by atoms with Crippen molar-refractivity contribution in [3.05, 3.63) is 36.2 Å². The van der Waals surface area contributed by atoms with Crippen LogP contribution in [0.4, 0.5) is 0 Å². The maximum absolute atomic E-state index is 12.9. The predicted molar refractivity (Wildman–Crippen MR) is 91.5 cm³/mol. The molecule has 0 N–H and O–H groups in total. The first-order chi connectivity index (χ1) is 11.9. The molecule has 0 aromatic carbocycles. The molecule has 0 bridgehead atoms. The lowest BCUT2D eigenvalue weighted by molar-refractivity contribution is 0.319. The second kappa shape index (κ2) is 7.06. The third kappa shape index (κ3) is 3.65. The molecule has 0 saturated heterocycles. The zero-order valence-corrected chi connectivity index (χ0v) is 15.7. The van der Waals surface area contributed by atoms with Crippen LogP contribution in [-0.2, 0) is 16.6 Å². The fraction of sp³-hybridized carbons (Fsp3) is 0.400. The van der Waals surface area contributed by atoms with Crippen LogP contribution in [0, 0.1) is 0 Å². The number of hydrogen-bond donors (Lipinski definition) is 0. The van der Waals surface area contributed by atoms with Gasteiger partial charge in [-0.2, -0.15) is 9.29 Å².